The fourth-order valence-corrected chi connectivity index (χ4v) is 2.95. The zero-order valence-corrected chi connectivity index (χ0v) is 10.8. The summed E-state index contributed by atoms with van der Waals surface area (Å²) in [6, 6.07) is 4.17. The van der Waals surface area contributed by atoms with Crippen molar-refractivity contribution in [2.75, 3.05) is 6.79 Å². The highest BCUT2D eigenvalue weighted by atomic mass is 16.7. The van der Waals surface area contributed by atoms with Gasteiger partial charge in [-0.3, -0.25) is 0 Å². The SMILES string of the molecule is NC1CC(N=O)C(N=O)CC1c1ccc2c(c1)OCO2. The van der Waals surface area contributed by atoms with Gasteiger partial charge in [0.1, 0.15) is 12.1 Å². The van der Waals surface area contributed by atoms with Crippen molar-refractivity contribution >= 4 is 0 Å². The third-order valence-electron chi connectivity index (χ3n) is 4.07. The third-order valence-corrected chi connectivity index (χ3v) is 4.07. The van der Waals surface area contributed by atoms with E-state index in [0.717, 1.165) is 5.56 Å². The quantitative estimate of drug-likeness (QED) is 0.849. The molecule has 2 aliphatic rings. The predicted molar refractivity (Wildman–Crippen MR) is 71.7 cm³/mol. The molecule has 1 aromatic carbocycles. The predicted octanol–water partition coefficient (Wildman–Crippen LogP) is 1.89. The Hall–Kier alpha value is -2.02. The van der Waals surface area contributed by atoms with Crippen molar-refractivity contribution in [3.8, 4) is 11.5 Å². The minimum absolute atomic E-state index is 0.0369. The van der Waals surface area contributed by atoms with Gasteiger partial charge in [0, 0.05) is 12.0 Å². The summed E-state index contributed by atoms with van der Waals surface area (Å²) in [6.45, 7) is 0.213. The number of nitrogens with zero attached hydrogens (tertiary/aromatic N) is 2. The van der Waals surface area contributed by atoms with Crippen LogP contribution in [0.2, 0.25) is 0 Å². The monoisotopic (exact) mass is 277 g/mol. The molecule has 7 nitrogen and oxygen atoms in total. The summed E-state index contributed by atoms with van der Waals surface area (Å²) in [5.74, 6) is 1.35. The molecule has 0 saturated heterocycles. The number of rotatable bonds is 3. The molecule has 0 amide bonds. The minimum atomic E-state index is -0.618. The summed E-state index contributed by atoms with van der Waals surface area (Å²) in [6.07, 6.45) is 0.805. The number of fused-ring (bicyclic) bond motifs is 1. The van der Waals surface area contributed by atoms with Gasteiger partial charge in [-0.25, -0.2) is 0 Å². The summed E-state index contributed by atoms with van der Waals surface area (Å²) in [5.41, 5.74) is 7.10. The summed E-state index contributed by atoms with van der Waals surface area (Å²) in [4.78, 5) is 21.6. The first-order chi connectivity index (χ1) is 9.72. The fourth-order valence-electron chi connectivity index (χ4n) is 2.95. The molecule has 106 valence electrons. The minimum Gasteiger partial charge on any atom is -0.454 e. The van der Waals surface area contributed by atoms with Gasteiger partial charge >= 0.3 is 0 Å². The Morgan fingerprint density at radius 1 is 1.05 bits per heavy atom. The lowest BCUT2D eigenvalue weighted by molar-refractivity contribution is 0.174. The molecule has 1 heterocycles. The summed E-state index contributed by atoms with van der Waals surface area (Å²) in [7, 11) is 0. The zero-order valence-electron chi connectivity index (χ0n) is 10.8. The highest BCUT2D eigenvalue weighted by Crippen LogP contribution is 2.40. The number of benzene rings is 1. The summed E-state index contributed by atoms with van der Waals surface area (Å²) < 4.78 is 10.6. The molecule has 1 aliphatic heterocycles. The van der Waals surface area contributed by atoms with Crippen molar-refractivity contribution in [3.63, 3.8) is 0 Å². The van der Waals surface area contributed by atoms with Crippen LogP contribution in [0.15, 0.2) is 28.6 Å². The van der Waals surface area contributed by atoms with E-state index >= 15 is 0 Å². The number of hydrogen-bond donors (Lipinski definition) is 1. The molecule has 0 radical (unpaired) electrons. The van der Waals surface area contributed by atoms with Crippen molar-refractivity contribution in [3.05, 3.63) is 33.6 Å². The molecular formula is C13H15N3O4. The maximum atomic E-state index is 10.9. The van der Waals surface area contributed by atoms with Crippen LogP contribution in [0.25, 0.3) is 0 Å². The van der Waals surface area contributed by atoms with Crippen LogP contribution in [-0.4, -0.2) is 24.9 Å². The number of ether oxygens (including phenoxy) is 2. The Morgan fingerprint density at radius 2 is 1.75 bits per heavy atom. The third kappa shape index (κ3) is 2.14. The van der Waals surface area contributed by atoms with E-state index in [9.17, 15) is 9.81 Å². The van der Waals surface area contributed by atoms with Gasteiger partial charge in [-0.15, -0.1) is 0 Å². The Balaban J connectivity index is 1.86. The first kappa shape index (κ1) is 13.0. The van der Waals surface area contributed by atoms with Gasteiger partial charge in [0.25, 0.3) is 0 Å². The molecule has 20 heavy (non-hydrogen) atoms. The summed E-state index contributed by atoms with van der Waals surface area (Å²) in [5, 5.41) is 5.99. The first-order valence-corrected chi connectivity index (χ1v) is 6.53. The van der Waals surface area contributed by atoms with Gasteiger partial charge in [0.05, 0.1) is 0 Å². The van der Waals surface area contributed by atoms with Gasteiger partial charge in [-0.2, -0.15) is 9.81 Å². The fraction of sp³-hybridized carbons (Fsp3) is 0.538. The Labute approximate surface area is 115 Å². The van der Waals surface area contributed by atoms with Crippen LogP contribution in [0.4, 0.5) is 0 Å². The van der Waals surface area contributed by atoms with Crippen LogP contribution >= 0.6 is 0 Å². The highest BCUT2D eigenvalue weighted by Gasteiger charge is 2.38. The number of hydrogen-bond acceptors (Lipinski definition) is 7. The molecule has 0 aromatic heterocycles. The van der Waals surface area contributed by atoms with Gasteiger partial charge in [-0.1, -0.05) is 16.4 Å². The largest absolute Gasteiger partial charge is 0.454 e. The second-order valence-electron chi connectivity index (χ2n) is 5.20. The van der Waals surface area contributed by atoms with E-state index in [4.69, 9.17) is 15.2 Å². The molecule has 1 fully saturated rings. The lowest BCUT2D eigenvalue weighted by Gasteiger charge is -2.34. The molecule has 7 heteroatoms. The van der Waals surface area contributed by atoms with Crippen LogP contribution in [0.3, 0.4) is 0 Å². The van der Waals surface area contributed by atoms with Crippen LogP contribution in [0.5, 0.6) is 11.5 Å². The van der Waals surface area contributed by atoms with Gasteiger partial charge < -0.3 is 15.2 Å². The molecule has 3 rings (SSSR count). The van der Waals surface area contributed by atoms with Gasteiger partial charge in [0.2, 0.25) is 6.79 Å². The van der Waals surface area contributed by atoms with Crippen molar-refractivity contribution < 1.29 is 9.47 Å². The average Bonchev–Trinajstić information content (AvgIpc) is 2.94. The van der Waals surface area contributed by atoms with Crippen molar-refractivity contribution in [2.45, 2.75) is 36.9 Å². The number of nitrogens with two attached hydrogens (primary N) is 1. The van der Waals surface area contributed by atoms with E-state index in [1.807, 2.05) is 18.2 Å². The maximum Gasteiger partial charge on any atom is 0.231 e. The standard InChI is InChI=1S/C13H15N3O4/c14-9-5-11(16-18)10(15-17)4-8(9)7-1-2-12-13(3-7)20-6-19-12/h1-3,8-11H,4-6,14H2. The molecule has 1 aromatic rings. The van der Waals surface area contributed by atoms with Crippen LogP contribution < -0.4 is 15.2 Å². The molecule has 4 unspecified atom stereocenters. The summed E-state index contributed by atoms with van der Waals surface area (Å²) >= 11 is 0. The average molecular weight is 277 g/mol. The Bertz CT molecular complexity index is 536. The lowest BCUT2D eigenvalue weighted by Crippen LogP contribution is -2.43. The molecule has 0 bridgehead atoms. The molecule has 4 atom stereocenters. The van der Waals surface area contributed by atoms with Crippen molar-refractivity contribution in [1.29, 1.82) is 0 Å². The normalized spacial score (nSPS) is 31.9. The van der Waals surface area contributed by atoms with E-state index in [0.29, 0.717) is 24.3 Å². The van der Waals surface area contributed by atoms with Crippen LogP contribution in [0.1, 0.15) is 24.3 Å². The van der Waals surface area contributed by atoms with Gasteiger partial charge in [-0.05, 0) is 30.5 Å². The van der Waals surface area contributed by atoms with E-state index in [1.54, 1.807) is 0 Å². The van der Waals surface area contributed by atoms with E-state index < -0.39 is 12.1 Å². The molecule has 1 aliphatic carbocycles. The second kappa shape index (κ2) is 5.16. The highest BCUT2D eigenvalue weighted by molar-refractivity contribution is 5.46. The van der Waals surface area contributed by atoms with Gasteiger partial charge in [0.15, 0.2) is 11.5 Å². The lowest BCUT2D eigenvalue weighted by atomic mass is 9.76. The van der Waals surface area contributed by atoms with E-state index in [2.05, 4.69) is 10.4 Å². The topological polar surface area (TPSA) is 103 Å². The number of nitroso groups, excluding NO2 is 2. The molecule has 0 spiro atoms. The Morgan fingerprint density at radius 3 is 2.50 bits per heavy atom. The second-order valence-corrected chi connectivity index (χ2v) is 5.20. The van der Waals surface area contributed by atoms with Crippen LogP contribution in [0, 0.1) is 9.81 Å². The maximum absolute atomic E-state index is 10.9. The van der Waals surface area contributed by atoms with Crippen LogP contribution in [-0.2, 0) is 0 Å². The molecule has 2 N–H and O–H groups in total. The van der Waals surface area contributed by atoms with Crippen molar-refractivity contribution in [1.82, 2.24) is 0 Å². The smallest absolute Gasteiger partial charge is 0.231 e. The van der Waals surface area contributed by atoms with Crippen molar-refractivity contribution in [2.24, 2.45) is 16.1 Å². The van der Waals surface area contributed by atoms with E-state index in [-0.39, 0.29) is 18.8 Å². The zero-order chi connectivity index (χ0) is 14.1. The molecular weight excluding hydrogens is 262 g/mol. The molecule has 1 saturated carbocycles. The Kier molecular flexibility index (Phi) is 3.35. The first-order valence-electron chi connectivity index (χ1n) is 6.53. The van der Waals surface area contributed by atoms with E-state index in [1.165, 1.54) is 0 Å².